The van der Waals surface area contributed by atoms with Crippen molar-refractivity contribution in [2.75, 3.05) is 4.90 Å². The first-order valence-corrected chi connectivity index (χ1v) is 23.0. The minimum absolute atomic E-state index is 1.10. The number of para-hydroxylation sites is 4. The van der Waals surface area contributed by atoms with E-state index in [4.69, 9.17) is 0 Å². The largest absolute Gasteiger partial charge is 0.310 e. The number of aromatic nitrogens is 2. The summed E-state index contributed by atoms with van der Waals surface area (Å²) in [6.07, 6.45) is 0. The van der Waals surface area contributed by atoms with Gasteiger partial charge < -0.3 is 14.0 Å². The maximum atomic E-state index is 2.39. The zero-order chi connectivity index (χ0) is 44.3. The van der Waals surface area contributed by atoms with Crippen LogP contribution in [-0.4, -0.2) is 9.13 Å². The van der Waals surface area contributed by atoms with Crippen LogP contribution in [0.1, 0.15) is 0 Å². The smallest absolute Gasteiger partial charge is 0.0547 e. The Labute approximate surface area is 389 Å². The molecule has 13 rings (SSSR count). The lowest BCUT2D eigenvalue weighted by molar-refractivity contribution is 1.18. The van der Waals surface area contributed by atoms with Gasteiger partial charge in [0.15, 0.2) is 0 Å². The van der Waals surface area contributed by atoms with E-state index < -0.39 is 0 Å². The van der Waals surface area contributed by atoms with Gasteiger partial charge in [0.1, 0.15) is 0 Å². The Bertz CT molecular complexity index is 3930. The van der Waals surface area contributed by atoms with Gasteiger partial charge in [-0.15, -0.1) is 0 Å². The number of hydrogen-bond donors (Lipinski definition) is 0. The average Bonchev–Trinajstić information content (AvgIpc) is 3.92. The molecular weight excluding hydrogens is 811 g/mol. The number of hydrogen-bond acceptors (Lipinski definition) is 1. The lowest BCUT2D eigenvalue weighted by Gasteiger charge is -2.27. The maximum Gasteiger partial charge on any atom is 0.0547 e. The lowest BCUT2D eigenvalue weighted by atomic mass is 9.99. The molecule has 0 saturated heterocycles. The highest BCUT2D eigenvalue weighted by Gasteiger charge is 2.18. The standard InChI is InChI=1S/C64H43N3/c1-3-16-51(17-4-1)66-62-24-12-10-22-57(62)59-42-49(35-41-63(59)66)47-32-38-54(39-33-47)65(60-25-13-15-48-14-7-8-20-55(48)60)53-36-30-45(31-37-53)44-26-28-46(29-27-44)50-34-40-58-56-21-9-11-23-61(56)67(64(58)43-50)52-18-5-2-6-19-52/h1-43H. The van der Waals surface area contributed by atoms with E-state index in [9.17, 15) is 0 Å². The van der Waals surface area contributed by atoms with Crippen LogP contribution in [-0.2, 0) is 0 Å². The van der Waals surface area contributed by atoms with Crippen LogP contribution in [0.4, 0.5) is 17.1 Å². The molecule has 0 aliphatic heterocycles. The molecule has 0 saturated carbocycles. The number of nitrogens with zero attached hydrogens (tertiary/aromatic N) is 3. The third kappa shape index (κ3) is 6.59. The summed E-state index contributed by atoms with van der Waals surface area (Å²) in [6.45, 7) is 0. The monoisotopic (exact) mass is 853 g/mol. The number of fused-ring (bicyclic) bond motifs is 7. The number of rotatable bonds is 8. The molecule has 0 bridgehead atoms. The fraction of sp³-hybridized carbons (Fsp3) is 0. The van der Waals surface area contributed by atoms with Gasteiger partial charge in [0.05, 0.1) is 27.8 Å². The molecular formula is C64H43N3. The summed E-state index contributed by atoms with van der Waals surface area (Å²) in [5.41, 5.74) is 17.6. The van der Waals surface area contributed by atoms with Gasteiger partial charge in [-0.3, -0.25) is 0 Å². The van der Waals surface area contributed by atoms with E-state index in [2.05, 4.69) is 275 Å². The van der Waals surface area contributed by atoms with Crippen LogP contribution in [0.2, 0.25) is 0 Å². The summed E-state index contributed by atoms with van der Waals surface area (Å²) in [4.78, 5) is 2.39. The Morgan fingerprint density at radius 1 is 0.239 bits per heavy atom. The lowest BCUT2D eigenvalue weighted by Crippen LogP contribution is -2.10. The highest BCUT2D eigenvalue weighted by atomic mass is 15.1. The molecule has 2 aromatic heterocycles. The zero-order valence-corrected chi connectivity index (χ0v) is 36.7. The van der Waals surface area contributed by atoms with Crippen molar-refractivity contribution in [1.29, 1.82) is 0 Å². The molecule has 3 heteroatoms. The maximum absolute atomic E-state index is 2.39. The molecule has 314 valence electrons. The molecule has 0 atom stereocenters. The van der Waals surface area contributed by atoms with E-state index in [-0.39, 0.29) is 0 Å². The van der Waals surface area contributed by atoms with Crippen molar-refractivity contribution < 1.29 is 0 Å². The van der Waals surface area contributed by atoms with E-state index in [0.717, 1.165) is 17.1 Å². The third-order valence-electron chi connectivity index (χ3n) is 13.5. The SMILES string of the molecule is c1ccc(-n2c3ccccc3c3cc(-c4ccc(N(c5ccc(-c6ccc(-c7ccc8c9ccccc9n(-c9ccccc9)c8c7)cc6)cc5)c5cccc6ccccc56)cc4)ccc32)cc1. The van der Waals surface area contributed by atoms with Crippen LogP contribution in [0.25, 0.3) is 99.1 Å². The van der Waals surface area contributed by atoms with Crippen molar-refractivity contribution >= 4 is 71.4 Å². The Morgan fingerprint density at radius 2 is 0.642 bits per heavy atom. The molecule has 0 fully saturated rings. The van der Waals surface area contributed by atoms with E-state index in [1.54, 1.807) is 0 Å². The average molecular weight is 854 g/mol. The van der Waals surface area contributed by atoms with Crippen LogP contribution >= 0.6 is 0 Å². The first-order chi connectivity index (χ1) is 33.2. The summed E-state index contributed by atoms with van der Waals surface area (Å²) in [6, 6.07) is 94.8. The van der Waals surface area contributed by atoms with Crippen molar-refractivity contribution in [3.05, 3.63) is 261 Å². The van der Waals surface area contributed by atoms with E-state index >= 15 is 0 Å². The first-order valence-electron chi connectivity index (χ1n) is 23.0. The van der Waals surface area contributed by atoms with Crippen molar-refractivity contribution in [2.24, 2.45) is 0 Å². The zero-order valence-electron chi connectivity index (χ0n) is 36.7. The molecule has 2 heterocycles. The van der Waals surface area contributed by atoms with Crippen molar-refractivity contribution in [1.82, 2.24) is 9.13 Å². The Morgan fingerprint density at radius 3 is 1.25 bits per heavy atom. The van der Waals surface area contributed by atoms with Gasteiger partial charge >= 0.3 is 0 Å². The molecule has 0 aliphatic carbocycles. The molecule has 13 aromatic rings. The Balaban J connectivity index is 0.837. The second-order valence-electron chi connectivity index (χ2n) is 17.3. The molecule has 0 N–H and O–H groups in total. The first kappa shape index (κ1) is 38.5. The van der Waals surface area contributed by atoms with Crippen molar-refractivity contribution in [2.45, 2.75) is 0 Å². The van der Waals surface area contributed by atoms with Crippen LogP contribution < -0.4 is 4.90 Å². The quantitative estimate of drug-likeness (QED) is 0.148. The highest BCUT2D eigenvalue weighted by Crippen LogP contribution is 2.42. The van der Waals surface area contributed by atoms with Crippen LogP contribution in [0.15, 0.2) is 261 Å². The topological polar surface area (TPSA) is 13.1 Å². The van der Waals surface area contributed by atoms with E-state index in [1.807, 2.05) is 0 Å². The second-order valence-corrected chi connectivity index (χ2v) is 17.3. The van der Waals surface area contributed by atoms with E-state index in [1.165, 1.54) is 99.1 Å². The molecule has 3 nitrogen and oxygen atoms in total. The summed E-state index contributed by atoms with van der Waals surface area (Å²) in [5, 5.41) is 7.44. The van der Waals surface area contributed by atoms with Gasteiger partial charge in [0.2, 0.25) is 0 Å². The second kappa shape index (κ2) is 16.0. The van der Waals surface area contributed by atoms with Crippen molar-refractivity contribution in [3.63, 3.8) is 0 Å². The molecule has 0 aliphatic rings. The van der Waals surface area contributed by atoms with Gasteiger partial charge in [-0.1, -0.05) is 176 Å². The summed E-state index contributed by atoms with van der Waals surface area (Å²) < 4.78 is 4.75. The van der Waals surface area contributed by atoms with E-state index in [0.29, 0.717) is 0 Å². The number of anilines is 3. The van der Waals surface area contributed by atoms with Gasteiger partial charge in [-0.2, -0.15) is 0 Å². The Kier molecular flexibility index (Phi) is 9.17. The molecule has 0 spiro atoms. The van der Waals surface area contributed by atoms with Gasteiger partial charge in [0.25, 0.3) is 0 Å². The normalized spacial score (nSPS) is 11.6. The van der Waals surface area contributed by atoms with Crippen molar-refractivity contribution in [3.8, 4) is 44.8 Å². The minimum Gasteiger partial charge on any atom is -0.310 e. The fourth-order valence-electron chi connectivity index (χ4n) is 10.3. The highest BCUT2D eigenvalue weighted by molar-refractivity contribution is 6.11. The van der Waals surface area contributed by atoms with Gasteiger partial charge in [0, 0.05) is 49.7 Å². The van der Waals surface area contributed by atoms with Gasteiger partial charge in [-0.25, -0.2) is 0 Å². The minimum atomic E-state index is 1.10. The third-order valence-corrected chi connectivity index (χ3v) is 13.5. The Hall–Kier alpha value is -8.92. The summed E-state index contributed by atoms with van der Waals surface area (Å²) in [5.74, 6) is 0. The molecule has 0 radical (unpaired) electrons. The molecule has 0 amide bonds. The molecule has 11 aromatic carbocycles. The van der Waals surface area contributed by atoms with Crippen LogP contribution in [0.5, 0.6) is 0 Å². The molecule has 0 unspecified atom stereocenters. The predicted octanol–water partition coefficient (Wildman–Crippen LogP) is 17.5. The number of benzene rings is 11. The summed E-state index contributed by atoms with van der Waals surface area (Å²) in [7, 11) is 0. The van der Waals surface area contributed by atoms with Crippen LogP contribution in [0.3, 0.4) is 0 Å². The van der Waals surface area contributed by atoms with Gasteiger partial charge in [-0.05, 0) is 124 Å². The summed E-state index contributed by atoms with van der Waals surface area (Å²) >= 11 is 0. The predicted molar refractivity (Wildman–Crippen MR) is 284 cm³/mol. The van der Waals surface area contributed by atoms with Crippen LogP contribution in [0, 0.1) is 0 Å². The molecule has 67 heavy (non-hydrogen) atoms. The fourth-order valence-corrected chi connectivity index (χ4v) is 10.3.